The summed E-state index contributed by atoms with van der Waals surface area (Å²) < 4.78 is 10.4. The Morgan fingerprint density at radius 2 is 1.91 bits per heavy atom. The van der Waals surface area contributed by atoms with E-state index in [0.717, 1.165) is 5.56 Å². The van der Waals surface area contributed by atoms with E-state index in [1.165, 1.54) is 12.1 Å². The Bertz CT molecular complexity index is 826. The highest BCUT2D eigenvalue weighted by molar-refractivity contribution is 5.89. The van der Waals surface area contributed by atoms with Crippen molar-refractivity contribution in [3.63, 3.8) is 0 Å². The zero-order valence-electron chi connectivity index (χ0n) is 11.7. The fraction of sp³-hybridized carbons (Fsp3) is 0.0625. The number of methoxy groups -OCH3 is 1. The molecular weight excluding hydrogens is 284 g/mol. The van der Waals surface area contributed by atoms with Crippen LogP contribution in [0, 0.1) is 0 Å². The van der Waals surface area contributed by atoms with Gasteiger partial charge in [-0.2, -0.15) is 4.98 Å². The summed E-state index contributed by atoms with van der Waals surface area (Å²) in [5, 5.41) is 12.9. The van der Waals surface area contributed by atoms with Gasteiger partial charge in [-0.3, -0.25) is 0 Å². The van der Waals surface area contributed by atoms with Crippen molar-refractivity contribution >= 4 is 5.97 Å². The maximum absolute atomic E-state index is 11.0. The number of aromatic carboxylic acids is 1. The van der Waals surface area contributed by atoms with Crippen LogP contribution in [-0.2, 0) is 0 Å². The number of benzene rings is 2. The lowest BCUT2D eigenvalue weighted by Crippen LogP contribution is -1.96. The lowest BCUT2D eigenvalue weighted by Gasteiger charge is -1.99. The largest absolute Gasteiger partial charge is 0.497 e. The topological polar surface area (TPSA) is 85.5 Å². The smallest absolute Gasteiger partial charge is 0.335 e. The Hall–Kier alpha value is -3.15. The highest BCUT2D eigenvalue weighted by Gasteiger charge is 2.12. The first kappa shape index (κ1) is 13.8. The van der Waals surface area contributed by atoms with Crippen LogP contribution < -0.4 is 4.74 Å². The molecule has 0 aliphatic carbocycles. The van der Waals surface area contributed by atoms with Gasteiger partial charge in [-0.25, -0.2) is 4.79 Å². The Balaban J connectivity index is 1.96. The second-order valence-electron chi connectivity index (χ2n) is 4.54. The first-order valence-electron chi connectivity index (χ1n) is 6.49. The van der Waals surface area contributed by atoms with E-state index in [9.17, 15) is 4.79 Å². The van der Waals surface area contributed by atoms with Gasteiger partial charge in [0.1, 0.15) is 5.75 Å². The lowest BCUT2D eigenvalue weighted by atomic mass is 10.1. The standard InChI is InChI=1S/C16H12N2O4/c1-21-13-7-3-5-11(9-13)15-17-14(18-22-15)10-4-2-6-12(8-10)16(19)20/h2-9H,1H3,(H,19,20). The number of hydrogen-bond acceptors (Lipinski definition) is 5. The zero-order valence-corrected chi connectivity index (χ0v) is 11.7. The second-order valence-corrected chi connectivity index (χ2v) is 4.54. The van der Waals surface area contributed by atoms with Crippen LogP contribution in [0.2, 0.25) is 0 Å². The summed E-state index contributed by atoms with van der Waals surface area (Å²) in [6.07, 6.45) is 0. The molecule has 0 saturated heterocycles. The number of rotatable bonds is 4. The van der Waals surface area contributed by atoms with Gasteiger partial charge in [-0.15, -0.1) is 0 Å². The molecule has 0 aliphatic rings. The number of carboxylic acid groups (broad SMARTS) is 1. The van der Waals surface area contributed by atoms with Crippen molar-refractivity contribution in [2.24, 2.45) is 0 Å². The van der Waals surface area contributed by atoms with Gasteiger partial charge in [0.25, 0.3) is 5.89 Å². The summed E-state index contributed by atoms with van der Waals surface area (Å²) in [7, 11) is 1.58. The van der Waals surface area contributed by atoms with E-state index >= 15 is 0 Å². The number of ether oxygens (including phenoxy) is 1. The number of hydrogen-bond donors (Lipinski definition) is 1. The first-order valence-corrected chi connectivity index (χ1v) is 6.49. The summed E-state index contributed by atoms with van der Waals surface area (Å²) >= 11 is 0. The van der Waals surface area contributed by atoms with Crippen LogP contribution in [0.25, 0.3) is 22.8 Å². The molecule has 3 rings (SSSR count). The number of nitrogens with zero attached hydrogens (tertiary/aromatic N) is 2. The minimum atomic E-state index is -1.00. The molecule has 6 heteroatoms. The third kappa shape index (κ3) is 2.67. The van der Waals surface area contributed by atoms with Crippen molar-refractivity contribution < 1.29 is 19.2 Å². The van der Waals surface area contributed by atoms with Gasteiger partial charge in [-0.05, 0) is 30.3 Å². The molecule has 0 spiro atoms. The van der Waals surface area contributed by atoms with E-state index in [-0.39, 0.29) is 5.56 Å². The molecule has 0 atom stereocenters. The van der Waals surface area contributed by atoms with Gasteiger partial charge < -0.3 is 14.4 Å². The van der Waals surface area contributed by atoms with Crippen LogP contribution in [0.5, 0.6) is 5.75 Å². The molecule has 0 fully saturated rings. The van der Waals surface area contributed by atoms with Gasteiger partial charge >= 0.3 is 5.97 Å². The Morgan fingerprint density at radius 1 is 1.14 bits per heavy atom. The normalized spacial score (nSPS) is 10.4. The summed E-state index contributed by atoms with van der Waals surface area (Å²) in [6.45, 7) is 0. The molecule has 1 heterocycles. The minimum absolute atomic E-state index is 0.172. The van der Waals surface area contributed by atoms with E-state index in [1.54, 1.807) is 25.3 Å². The van der Waals surface area contributed by atoms with Crippen molar-refractivity contribution in [3.05, 3.63) is 54.1 Å². The molecule has 110 valence electrons. The first-order chi connectivity index (χ1) is 10.7. The molecule has 0 saturated carbocycles. The molecule has 6 nitrogen and oxygen atoms in total. The zero-order chi connectivity index (χ0) is 15.5. The van der Waals surface area contributed by atoms with Crippen LogP contribution in [0.3, 0.4) is 0 Å². The fourth-order valence-electron chi connectivity index (χ4n) is 2.01. The fourth-order valence-corrected chi connectivity index (χ4v) is 2.01. The predicted octanol–water partition coefficient (Wildman–Crippen LogP) is 3.11. The minimum Gasteiger partial charge on any atom is -0.497 e. The average Bonchev–Trinajstić information content (AvgIpc) is 3.05. The molecule has 0 bridgehead atoms. The van der Waals surface area contributed by atoms with Crippen molar-refractivity contribution in [2.75, 3.05) is 7.11 Å². The number of carbonyl (C=O) groups is 1. The van der Waals surface area contributed by atoms with Gasteiger partial charge in [0.05, 0.1) is 12.7 Å². The maximum Gasteiger partial charge on any atom is 0.335 e. The van der Waals surface area contributed by atoms with Crippen LogP contribution in [0.15, 0.2) is 53.1 Å². The highest BCUT2D eigenvalue weighted by Crippen LogP contribution is 2.25. The van der Waals surface area contributed by atoms with E-state index in [4.69, 9.17) is 14.4 Å². The molecule has 0 unspecified atom stereocenters. The summed E-state index contributed by atoms with van der Waals surface area (Å²) in [6, 6.07) is 13.6. The molecule has 2 aromatic carbocycles. The molecule has 0 radical (unpaired) electrons. The van der Waals surface area contributed by atoms with Crippen LogP contribution >= 0.6 is 0 Å². The summed E-state index contributed by atoms with van der Waals surface area (Å²) in [4.78, 5) is 15.3. The molecule has 22 heavy (non-hydrogen) atoms. The van der Waals surface area contributed by atoms with Gasteiger partial charge in [-0.1, -0.05) is 23.4 Å². The number of carboxylic acids is 1. The van der Waals surface area contributed by atoms with Gasteiger partial charge in [0, 0.05) is 11.1 Å². The van der Waals surface area contributed by atoms with E-state index in [0.29, 0.717) is 23.0 Å². The third-order valence-corrected chi connectivity index (χ3v) is 3.11. The highest BCUT2D eigenvalue weighted by atomic mass is 16.5. The quantitative estimate of drug-likeness (QED) is 0.796. The van der Waals surface area contributed by atoms with Crippen molar-refractivity contribution in [2.45, 2.75) is 0 Å². The molecule has 3 aromatic rings. The van der Waals surface area contributed by atoms with Crippen molar-refractivity contribution in [1.82, 2.24) is 10.1 Å². The van der Waals surface area contributed by atoms with E-state index < -0.39 is 5.97 Å². The van der Waals surface area contributed by atoms with Gasteiger partial charge in [0.2, 0.25) is 5.82 Å². The van der Waals surface area contributed by atoms with Crippen molar-refractivity contribution in [3.8, 4) is 28.6 Å². The van der Waals surface area contributed by atoms with Crippen LogP contribution in [0.1, 0.15) is 10.4 Å². The Kier molecular flexibility index (Phi) is 3.57. The second kappa shape index (κ2) is 5.69. The molecule has 1 aromatic heterocycles. The monoisotopic (exact) mass is 296 g/mol. The van der Waals surface area contributed by atoms with E-state index in [2.05, 4.69) is 10.1 Å². The Labute approximate surface area is 126 Å². The summed E-state index contributed by atoms with van der Waals surface area (Å²) in [5.41, 5.74) is 1.48. The Morgan fingerprint density at radius 3 is 2.68 bits per heavy atom. The third-order valence-electron chi connectivity index (χ3n) is 3.11. The van der Waals surface area contributed by atoms with Crippen molar-refractivity contribution in [1.29, 1.82) is 0 Å². The predicted molar refractivity (Wildman–Crippen MR) is 78.7 cm³/mol. The molecule has 0 amide bonds. The molecule has 0 aliphatic heterocycles. The van der Waals surface area contributed by atoms with Crippen LogP contribution in [-0.4, -0.2) is 28.3 Å². The lowest BCUT2D eigenvalue weighted by molar-refractivity contribution is 0.0697. The summed E-state index contributed by atoms with van der Waals surface area (Å²) in [5.74, 6) is 0.360. The van der Waals surface area contributed by atoms with Gasteiger partial charge in [0.15, 0.2) is 0 Å². The molecular formula is C16H12N2O4. The van der Waals surface area contributed by atoms with Crippen LogP contribution in [0.4, 0.5) is 0 Å². The average molecular weight is 296 g/mol. The maximum atomic E-state index is 11.0. The van der Waals surface area contributed by atoms with E-state index in [1.807, 2.05) is 18.2 Å². The SMILES string of the molecule is COc1cccc(-c2nc(-c3cccc(C(=O)O)c3)no2)c1. The molecule has 1 N–H and O–H groups in total. The number of aromatic nitrogens is 2.